The predicted octanol–water partition coefficient (Wildman–Crippen LogP) is 2.28. The van der Waals surface area contributed by atoms with E-state index in [4.69, 9.17) is 0 Å². The van der Waals surface area contributed by atoms with Crippen molar-refractivity contribution in [3.63, 3.8) is 0 Å². The molecule has 0 bridgehead atoms. The third kappa shape index (κ3) is 2.14. The molecule has 0 radical (unpaired) electrons. The molecule has 1 fully saturated rings. The van der Waals surface area contributed by atoms with E-state index < -0.39 is 5.82 Å². The molecule has 1 aromatic carbocycles. The van der Waals surface area contributed by atoms with Gasteiger partial charge in [0.25, 0.3) is 0 Å². The zero-order valence-corrected chi connectivity index (χ0v) is 9.96. The van der Waals surface area contributed by atoms with Crippen LogP contribution in [-0.2, 0) is 9.59 Å². The molecule has 2 rings (SSSR count). The highest BCUT2D eigenvalue weighted by atomic mass is 79.9. The first-order chi connectivity index (χ1) is 7.58. The van der Waals surface area contributed by atoms with Crippen molar-refractivity contribution in [2.24, 2.45) is 0 Å². The van der Waals surface area contributed by atoms with Crippen LogP contribution in [0.2, 0.25) is 0 Å². The van der Waals surface area contributed by atoms with Crippen LogP contribution in [0.25, 0.3) is 0 Å². The Labute approximate surface area is 100 Å². The number of halogens is 2. The largest absolute Gasteiger partial charge is 0.310 e. The van der Waals surface area contributed by atoms with Crippen molar-refractivity contribution >= 4 is 33.3 Å². The number of nitrogens with zero attached hydrogens (tertiary/aromatic N) is 1. The molecule has 0 spiro atoms. The standard InChI is InChI=1S/C11H9BrFNO2/c12-9-2-1-7(13)5-10(9)14-4-3-8(15)6-11(14)16/h1-2,5H,3-4,6H2. The molecule has 0 atom stereocenters. The molecule has 5 heteroatoms. The van der Waals surface area contributed by atoms with Crippen LogP contribution in [0.4, 0.5) is 10.1 Å². The zero-order valence-electron chi connectivity index (χ0n) is 8.37. The van der Waals surface area contributed by atoms with Gasteiger partial charge in [0.15, 0.2) is 0 Å². The van der Waals surface area contributed by atoms with Gasteiger partial charge in [-0.2, -0.15) is 0 Å². The van der Waals surface area contributed by atoms with Gasteiger partial charge < -0.3 is 4.90 Å². The van der Waals surface area contributed by atoms with E-state index in [-0.39, 0.29) is 18.1 Å². The quantitative estimate of drug-likeness (QED) is 0.743. The second-order valence-corrected chi connectivity index (χ2v) is 4.46. The third-order valence-corrected chi connectivity index (χ3v) is 3.13. The topological polar surface area (TPSA) is 37.4 Å². The van der Waals surface area contributed by atoms with Crippen LogP contribution in [0.15, 0.2) is 22.7 Å². The van der Waals surface area contributed by atoms with E-state index in [9.17, 15) is 14.0 Å². The van der Waals surface area contributed by atoms with E-state index in [0.717, 1.165) is 0 Å². The third-order valence-electron chi connectivity index (χ3n) is 2.46. The van der Waals surface area contributed by atoms with Crippen LogP contribution in [0.5, 0.6) is 0 Å². The Bertz CT molecular complexity index is 461. The van der Waals surface area contributed by atoms with Crippen LogP contribution in [0.3, 0.4) is 0 Å². The number of hydrogen-bond acceptors (Lipinski definition) is 2. The molecule has 0 N–H and O–H groups in total. The fourth-order valence-electron chi connectivity index (χ4n) is 1.66. The van der Waals surface area contributed by atoms with E-state index in [0.29, 0.717) is 23.1 Å². The van der Waals surface area contributed by atoms with Crippen LogP contribution < -0.4 is 4.90 Å². The Morgan fingerprint density at radius 2 is 2.06 bits per heavy atom. The molecule has 3 nitrogen and oxygen atoms in total. The monoisotopic (exact) mass is 285 g/mol. The molecule has 0 unspecified atom stereocenters. The predicted molar refractivity (Wildman–Crippen MR) is 60.7 cm³/mol. The fourth-order valence-corrected chi connectivity index (χ4v) is 2.12. The lowest BCUT2D eigenvalue weighted by Crippen LogP contribution is -2.39. The second-order valence-electron chi connectivity index (χ2n) is 3.61. The van der Waals surface area contributed by atoms with Crippen molar-refractivity contribution in [1.29, 1.82) is 0 Å². The maximum absolute atomic E-state index is 13.1. The SMILES string of the molecule is O=C1CCN(c2cc(F)ccc2Br)C(=O)C1. The first-order valence-corrected chi connectivity index (χ1v) is 5.64. The Kier molecular flexibility index (Phi) is 3.05. The van der Waals surface area contributed by atoms with Gasteiger partial charge in [0.1, 0.15) is 11.6 Å². The number of anilines is 1. The van der Waals surface area contributed by atoms with Gasteiger partial charge in [-0.25, -0.2) is 4.39 Å². The maximum Gasteiger partial charge on any atom is 0.234 e. The van der Waals surface area contributed by atoms with Gasteiger partial charge in [0.05, 0.1) is 12.1 Å². The van der Waals surface area contributed by atoms with Crippen molar-refractivity contribution < 1.29 is 14.0 Å². The number of rotatable bonds is 1. The van der Waals surface area contributed by atoms with Crippen molar-refractivity contribution in [1.82, 2.24) is 0 Å². The van der Waals surface area contributed by atoms with E-state index >= 15 is 0 Å². The molecule has 84 valence electrons. The lowest BCUT2D eigenvalue weighted by molar-refractivity contribution is -0.128. The fraction of sp³-hybridized carbons (Fsp3) is 0.273. The smallest absolute Gasteiger partial charge is 0.234 e. The summed E-state index contributed by atoms with van der Waals surface area (Å²) in [6.07, 6.45) is 0.234. The number of benzene rings is 1. The molecule has 0 aliphatic carbocycles. The van der Waals surface area contributed by atoms with E-state index in [2.05, 4.69) is 15.9 Å². The number of hydrogen-bond donors (Lipinski definition) is 0. The highest BCUT2D eigenvalue weighted by molar-refractivity contribution is 9.10. The van der Waals surface area contributed by atoms with Crippen molar-refractivity contribution in [3.8, 4) is 0 Å². The summed E-state index contributed by atoms with van der Waals surface area (Å²) in [7, 11) is 0. The lowest BCUT2D eigenvalue weighted by atomic mass is 10.1. The van der Waals surface area contributed by atoms with Crippen LogP contribution in [0, 0.1) is 5.82 Å². The van der Waals surface area contributed by atoms with Gasteiger partial charge in [-0.05, 0) is 34.1 Å². The number of carbonyl (C=O) groups is 2. The summed E-state index contributed by atoms with van der Waals surface area (Å²) in [5.74, 6) is -0.737. The molecular weight excluding hydrogens is 277 g/mol. The van der Waals surface area contributed by atoms with Crippen LogP contribution >= 0.6 is 15.9 Å². The molecule has 16 heavy (non-hydrogen) atoms. The zero-order chi connectivity index (χ0) is 11.7. The summed E-state index contributed by atoms with van der Waals surface area (Å²) in [6, 6.07) is 4.15. The van der Waals surface area contributed by atoms with E-state index in [1.165, 1.54) is 17.0 Å². The molecule has 1 saturated heterocycles. The van der Waals surface area contributed by atoms with E-state index in [1.54, 1.807) is 6.07 Å². The summed E-state index contributed by atoms with van der Waals surface area (Å²) in [6.45, 7) is 0.319. The minimum Gasteiger partial charge on any atom is -0.310 e. The highest BCUT2D eigenvalue weighted by Crippen LogP contribution is 2.29. The summed E-state index contributed by atoms with van der Waals surface area (Å²) >= 11 is 3.26. The van der Waals surface area contributed by atoms with Crippen molar-refractivity contribution in [3.05, 3.63) is 28.5 Å². The Morgan fingerprint density at radius 1 is 1.31 bits per heavy atom. The summed E-state index contributed by atoms with van der Waals surface area (Å²) in [5.41, 5.74) is 0.484. The summed E-state index contributed by atoms with van der Waals surface area (Å²) in [4.78, 5) is 24.1. The van der Waals surface area contributed by atoms with Gasteiger partial charge in [0, 0.05) is 17.4 Å². The minimum atomic E-state index is -0.400. The van der Waals surface area contributed by atoms with E-state index in [1.807, 2.05) is 0 Å². The second kappa shape index (κ2) is 4.33. The summed E-state index contributed by atoms with van der Waals surface area (Å²) < 4.78 is 13.7. The van der Waals surface area contributed by atoms with Gasteiger partial charge in [-0.1, -0.05) is 0 Å². The van der Waals surface area contributed by atoms with Gasteiger partial charge in [0.2, 0.25) is 5.91 Å². The Balaban J connectivity index is 2.33. The van der Waals surface area contributed by atoms with Gasteiger partial charge in [-0.15, -0.1) is 0 Å². The molecule has 0 aromatic heterocycles. The summed E-state index contributed by atoms with van der Waals surface area (Å²) in [5, 5.41) is 0. The van der Waals surface area contributed by atoms with Crippen molar-refractivity contribution in [2.45, 2.75) is 12.8 Å². The number of carbonyl (C=O) groups excluding carboxylic acids is 2. The van der Waals surface area contributed by atoms with Crippen LogP contribution in [-0.4, -0.2) is 18.2 Å². The number of ketones is 1. The molecule has 1 heterocycles. The molecule has 1 aliphatic heterocycles. The number of Topliss-reactive ketones (excluding diaryl/α,β-unsaturated/α-hetero) is 1. The average Bonchev–Trinajstić information content (AvgIpc) is 2.22. The van der Waals surface area contributed by atoms with Crippen molar-refractivity contribution in [2.75, 3.05) is 11.4 Å². The normalized spacial score (nSPS) is 16.8. The number of amides is 1. The molecule has 1 amide bonds. The Hall–Kier alpha value is -1.23. The molecule has 0 saturated carbocycles. The first kappa shape index (κ1) is 11.3. The Morgan fingerprint density at radius 3 is 2.75 bits per heavy atom. The first-order valence-electron chi connectivity index (χ1n) is 4.85. The molecular formula is C11H9BrFNO2. The molecule has 1 aromatic rings. The minimum absolute atomic E-state index is 0.0613. The average molecular weight is 286 g/mol. The highest BCUT2D eigenvalue weighted by Gasteiger charge is 2.26. The van der Waals surface area contributed by atoms with Crippen LogP contribution in [0.1, 0.15) is 12.8 Å². The maximum atomic E-state index is 13.1. The molecule has 1 aliphatic rings. The van der Waals surface area contributed by atoms with Gasteiger partial charge in [-0.3, -0.25) is 9.59 Å². The number of piperidine rings is 1. The van der Waals surface area contributed by atoms with Gasteiger partial charge >= 0.3 is 0 Å². The lowest BCUT2D eigenvalue weighted by Gasteiger charge is -2.27.